The highest BCUT2D eigenvalue weighted by molar-refractivity contribution is 5.46. The van der Waals surface area contributed by atoms with E-state index in [0.29, 0.717) is 0 Å². The van der Waals surface area contributed by atoms with E-state index >= 15 is 0 Å². The Morgan fingerprint density at radius 1 is 1.00 bits per heavy atom. The lowest BCUT2D eigenvalue weighted by molar-refractivity contribution is 0.352. The first kappa shape index (κ1) is 16.4. The predicted molar refractivity (Wildman–Crippen MR) is 99.9 cm³/mol. The summed E-state index contributed by atoms with van der Waals surface area (Å²) in [4.78, 5) is 4.39. The molecule has 2 aromatic carbocycles. The molecule has 2 atom stereocenters. The summed E-state index contributed by atoms with van der Waals surface area (Å²) in [5.41, 5.74) is 3.62. The molecule has 0 amide bonds. The van der Waals surface area contributed by atoms with Gasteiger partial charge in [-0.05, 0) is 36.6 Å². The fourth-order valence-electron chi connectivity index (χ4n) is 3.47. The predicted octanol–water partition coefficient (Wildman–Crippen LogP) is 3.75. The summed E-state index contributed by atoms with van der Waals surface area (Å²) in [7, 11) is 3.30. The summed E-state index contributed by atoms with van der Waals surface area (Å²) in [6.45, 7) is 2.10. The van der Waals surface area contributed by atoms with Crippen LogP contribution in [0.1, 0.15) is 35.2 Å². The number of fused-ring (bicyclic) bond motifs is 1. The van der Waals surface area contributed by atoms with Crippen LogP contribution in [0.3, 0.4) is 0 Å². The molecule has 1 N–H and O–H groups in total. The molecule has 0 aliphatic carbocycles. The van der Waals surface area contributed by atoms with E-state index in [4.69, 9.17) is 9.47 Å². The lowest BCUT2D eigenvalue weighted by Gasteiger charge is -2.32. The summed E-state index contributed by atoms with van der Waals surface area (Å²) in [6.07, 6.45) is 2.46. The van der Waals surface area contributed by atoms with Crippen molar-refractivity contribution in [3.8, 4) is 11.5 Å². The number of nitrogens with zero attached hydrogens (tertiary/aromatic N) is 3. The average molecular weight is 350 g/mol. The van der Waals surface area contributed by atoms with E-state index in [1.807, 2.05) is 16.8 Å². The van der Waals surface area contributed by atoms with E-state index < -0.39 is 0 Å². The number of benzene rings is 2. The number of hydrogen-bond donors (Lipinski definition) is 1. The van der Waals surface area contributed by atoms with Gasteiger partial charge in [-0.25, -0.2) is 4.68 Å². The quantitative estimate of drug-likeness (QED) is 0.776. The third-order valence-corrected chi connectivity index (χ3v) is 4.90. The maximum Gasteiger partial charge on any atom is 0.222 e. The molecule has 6 heteroatoms. The van der Waals surface area contributed by atoms with Crippen LogP contribution in [0.5, 0.6) is 11.5 Å². The lowest BCUT2D eigenvalue weighted by atomic mass is 9.93. The molecule has 0 unspecified atom stereocenters. The van der Waals surface area contributed by atoms with Gasteiger partial charge in [0.15, 0.2) is 11.5 Å². The zero-order valence-corrected chi connectivity index (χ0v) is 15.1. The van der Waals surface area contributed by atoms with Crippen molar-refractivity contribution in [3.05, 3.63) is 65.5 Å². The van der Waals surface area contributed by atoms with E-state index in [0.717, 1.165) is 29.4 Å². The third kappa shape index (κ3) is 2.87. The molecule has 4 rings (SSSR count). The highest BCUT2D eigenvalue weighted by Gasteiger charge is 2.30. The molecule has 2 heterocycles. The van der Waals surface area contributed by atoms with Gasteiger partial charge >= 0.3 is 0 Å². The van der Waals surface area contributed by atoms with Crippen LogP contribution in [0.25, 0.3) is 0 Å². The molecule has 0 saturated heterocycles. The largest absolute Gasteiger partial charge is 0.493 e. The topological polar surface area (TPSA) is 61.2 Å². The first-order chi connectivity index (χ1) is 12.7. The number of rotatable bonds is 4. The fraction of sp³-hybridized carbons (Fsp3) is 0.300. The van der Waals surface area contributed by atoms with Gasteiger partial charge in [-0.15, -0.1) is 0 Å². The summed E-state index contributed by atoms with van der Waals surface area (Å²) in [6, 6.07) is 14.9. The third-order valence-electron chi connectivity index (χ3n) is 4.90. The Kier molecular flexibility index (Phi) is 4.24. The van der Waals surface area contributed by atoms with Crippen molar-refractivity contribution in [2.45, 2.75) is 25.4 Å². The van der Waals surface area contributed by atoms with Crippen LogP contribution in [0, 0.1) is 6.92 Å². The molecule has 1 aromatic heterocycles. The second-order valence-corrected chi connectivity index (χ2v) is 6.50. The SMILES string of the molecule is COc1ccc([C@H]2C[C@H](c3ccc(C)cc3)Nc3ncnn32)cc1OC. The standard InChI is InChI=1S/C20H22N4O2/c1-13-4-6-14(7-5-13)16-11-17(24-20(23-16)21-12-22-24)15-8-9-18(25-2)19(10-15)26-3/h4-10,12,16-17H,11H2,1-3H3,(H,21,22,23)/t16-,17-/m1/s1. The second-order valence-electron chi connectivity index (χ2n) is 6.50. The van der Waals surface area contributed by atoms with Gasteiger partial charge in [-0.2, -0.15) is 10.1 Å². The number of nitrogens with one attached hydrogen (secondary N) is 1. The van der Waals surface area contributed by atoms with Gasteiger partial charge in [-0.1, -0.05) is 35.9 Å². The number of hydrogen-bond acceptors (Lipinski definition) is 5. The molecule has 0 spiro atoms. The first-order valence-corrected chi connectivity index (χ1v) is 8.64. The van der Waals surface area contributed by atoms with Crippen molar-refractivity contribution in [1.82, 2.24) is 14.8 Å². The van der Waals surface area contributed by atoms with E-state index in [1.54, 1.807) is 20.5 Å². The number of ether oxygens (including phenoxy) is 2. The molecule has 1 aliphatic heterocycles. The van der Waals surface area contributed by atoms with Crippen molar-refractivity contribution >= 4 is 5.95 Å². The Labute approximate surface area is 152 Å². The van der Waals surface area contributed by atoms with Crippen LogP contribution in [-0.2, 0) is 0 Å². The monoisotopic (exact) mass is 350 g/mol. The molecule has 6 nitrogen and oxygen atoms in total. The van der Waals surface area contributed by atoms with Crippen LogP contribution < -0.4 is 14.8 Å². The second kappa shape index (κ2) is 6.71. The maximum atomic E-state index is 5.48. The van der Waals surface area contributed by atoms with E-state index in [9.17, 15) is 0 Å². The Hall–Kier alpha value is -3.02. The summed E-state index contributed by atoms with van der Waals surface area (Å²) < 4.78 is 12.8. The van der Waals surface area contributed by atoms with Crippen molar-refractivity contribution in [1.29, 1.82) is 0 Å². The molecular weight excluding hydrogens is 328 g/mol. The van der Waals surface area contributed by atoms with Gasteiger partial charge in [0.2, 0.25) is 5.95 Å². The lowest BCUT2D eigenvalue weighted by Crippen LogP contribution is -2.28. The van der Waals surface area contributed by atoms with Crippen molar-refractivity contribution in [2.75, 3.05) is 19.5 Å². The molecule has 0 bridgehead atoms. The van der Waals surface area contributed by atoms with Crippen LogP contribution in [0.15, 0.2) is 48.8 Å². The van der Waals surface area contributed by atoms with E-state index in [1.165, 1.54) is 11.1 Å². The molecule has 0 saturated carbocycles. The molecule has 3 aromatic rings. The Bertz CT molecular complexity index is 904. The Morgan fingerprint density at radius 3 is 2.46 bits per heavy atom. The van der Waals surface area contributed by atoms with E-state index in [2.05, 4.69) is 52.7 Å². The maximum absolute atomic E-state index is 5.48. The Morgan fingerprint density at radius 2 is 1.73 bits per heavy atom. The molecule has 0 fully saturated rings. The highest BCUT2D eigenvalue weighted by atomic mass is 16.5. The molecule has 134 valence electrons. The number of aryl methyl sites for hydroxylation is 1. The van der Waals surface area contributed by atoms with Gasteiger partial charge in [0, 0.05) is 0 Å². The molecule has 0 radical (unpaired) electrons. The van der Waals surface area contributed by atoms with Crippen LogP contribution in [0.2, 0.25) is 0 Å². The minimum atomic E-state index is 0.0693. The summed E-state index contributed by atoms with van der Waals surface area (Å²) >= 11 is 0. The van der Waals surface area contributed by atoms with Gasteiger partial charge in [-0.3, -0.25) is 0 Å². The number of anilines is 1. The average Bonchev–Trinajstić information content (AvgIpc) is 3.16. The van der Waals surface area contributed by atoms with Crippen molar-refractivity contribution < 1.29 is 9.47 Å². The smallest absolute Gasteiger partial charge is 0.222 e. The first-order valence-electron chi connectivity index (χ1n) is 8.64. The van der Waals surface area contributed by atoms with Gasteiger partial charge in [0.25, 0.3) is 0 Å². The van der Waals surface area contributed by atoms with Gasteiger partial charge in [0.05, 0.1) is 26.3 Å². The van der Waals surface area contributed by atoms with E-state index in [-0.39, 0.29) is 12.1 Å². The number of methoxy groups -OCH3 is 2. The number of aromatic nitrogens is 3. The van der Waals surface area contributed by atoms with Crippen LogP contribution in [-0.4, -0.2) is 29.0 Å². The highest BCUT2D eigenvalue weighted by Crippen LogP contribution is 2.39. The minimum Gasteiger partial charge on any atom is -0.493 e. The van der Waals surface area contributed by atoms with Crippen LogP contribution in [0.4, 0.5) is 5.95 Å². The van der Waals surface area contributed by atoms with Crippen molar-refractivity contribution in [3.63, 3.8) is 0 Å². The summed E-state index contributed by atoms with van der Waals surface area (Å²) in [5.74, 6) is 2.22. The minimum absolute atomic E-state index is 0.0693. The molecule has 26 heavy (non-hydrogen) atoms. The van der Waals surface area contributed by atoms with Gasteiger partial charge in [0.1, 0.15) is 6.33 Å². The Balaban J connectivity index is 1.72. The fourth-order valence-corrected chi connectivity index (χ4v) is 3.47. The molecular formula is C20H22N4O2. The summed E-state index contributed by atoms with van der Waals surface area (Å²) in [5, 5.41) is 7.92. The normalized spacial score (nSPS) is 18.7. The van der Waals surface area contributed by atoms with Gasteiger partial charge < -0.3 is 14.8 Å². The van der Waals surface area contributed by atoms with Crippen molar-refractivity contribution in [2.24, 2.45) is 0 Å². The zero-order valence-electron chi connectivity index (χ0n) is 15.1. The zero-order chi connectivity index (χ0) is 18.1. The van der Waals surface area contributed by atoms with Crippen LogP contribution >= 0.6 is 0 Å². The molecule has 1 aliphatic rings.